The van der Waals surface area contributed by atoms with Crippen LogP contribution in [0.2, 0.25) is 0 Å². The minimum atomic E-state index is -0.0385. The fraction of sp³-hybridized carbons (Fsp3) is 0.250. The zero-order valence-corrected chi connectivity index (χ0v) is 9.50. The van der Waals surface area contributed by atoms with Gasteiger partial charge in [-0.05, 0) is 17.5 Å². The molecule has 2 aromatic rings. The summed E-state index contributed by atoms with van der Waals surface area (Å²) in [6, 6.07) is 8.43. The Morgan fingerprint density at radius 2 is 2.07 bits per heavy atom. The maximum Gasteiger partial charge on any atom is 0.0794 e. The third-order valence-electron chi connectivity index (χ3n) is 2.51. The minimum Gasteiger partial charge on any atom is -0.320 e. The first-order valence-corrected chi connectivity index (χ1v) is 5.92. The molecule has 0 aliphatic heterocycles. The summed E-state index contributed by atoms with van der Waals surface area (Å²) >= 11 is 1.60. The number of hydrogen-bond acceptors (Lipinski definition) is 3. The lowest BCUT2D eigenvalue weighted by Crippen LogP contribution is -2.10. The molecule has 0 spiro atoms. The highest BCUT2D eigenvalue weighted by molar-refractivity contribution is 7.09. The van der Waals surface area contributed by atoms with Gasteiger partial charge in [0.15, 0.2) is 0 Å². The van der Waals surface area contributed by atoms with E-state index < -0.39 is 0 Å². The molecule has 2 rings (SSSR count). The van der Waals surface area contributed by atoms with Crippen molar-refractivity contribution in [2.75, 3.05) is 0 Å². The van der Waals surface area contributed by atoms with E-state index in [4.69, 9.17) is 5.73 Å². The number of nitrogens with two attached hydrogens (primary N) is 1. The fourth-order valence-electron chi connectivity index (χ4n) is 1.50. The van der Waals surface area contributed by atoms with Gasteiger partial charge in [0.25, 0.3) is 0 Å². The molecule has 15 heavy (non-hydrogen) atoms. The lowest BCUT2D eigenvalue weighted by Gasteiger charge is -2.09. The topological polar surface area (TPSA) is 38.9 Å². The molecule has 0 saturated heterocycles. The van der Waals surface area contributed by atoms with Gasteiger partial charge in [0.2, 0.25) is 0 Å². The summed E-state index contributed by atoms with van der Waals surface area (Å²) in [5.74, 6) is 0. The molecule has 0 aliphatic carbocycles. The number of rotatable bonds is 3. The standard InChI is InChI=1S/C12H14N2S/c1-2-9-3-5-10(6-4-9)12(13)11-7-14-8-15-11/h3-8,12H,2,13H2,1H3. The average molecular weight is 218 g/mol. The van der Waals surface area contributed by atoms with Crippen LogP contribution in [0.1, 0.15) is 29.0 Å². The zero-order valence-electron chi connectivity index (χ0n) is 8.68. The number of hydrogen-bond donors (Lipinski definition) is 1. The lowest BCUT2D eigenvalue weighted by atomic mass is 10.0. The molecular formula is C12H14N2S. The van der Waals surface area contributed by atoms with Gasteiger partial charge in [0, 0.05) is 11.1 Å². The molecule has 0 fully saturated rings. The highest BCUT2D eigenvalue weighted by Gasteiger charge is 2.09. The van der Waals surface area contributed by atoms with E-state index in [1.54, 1.807) is 11.3 Å². The molecule has 78 valence electrons. The first kappa shape index (κ1) is 10.3. The van der Waals surface area contributed by atoms with Gasteiger partial charge in [0.05, 0.1) is 11.6 Å². The summed E-state index contributed by atoms with van der Waals surface area (Å²) in [5.41, 5.74) is 10.4. The Balaban J connectivity index is 2.22. The molecule has 0 amide bonds. The molecule has 0 saturated carbocycles. The summed E-state index contributed by atoms with van der Waals surface area (Å²) in [6.45, 7) is 2.15. The quantitative estimate of drug-likeness (QED) is 0.860. The molecule has 0 bridgehead atoms. The molecule has 0 radical (unpaired) electrons. The summed E-state index contributed by atoms with van der Waals surface area (Å²) in [4.78, 5) is 5.15. The van der Waals surface area contributed by atoms with Crippen molar-refractivity contribution in [3.8, 4) is 0 Å². The predicted molar refractivity (Wildman–Crippen MR) is 64.0 cm³/mol. The van der Waals surface area contributed by atoms with Crippen molar-refractivity contribution in [2.45, 2.75) is 19.4 Å². The van der Waals surface area contributed by atoms with E-state index in [9.17, 15) is 0 Å². The van der Waals surface area contributed by atoms with Gasteiger partial charge in [-0.2, -0.15) is 0 Å². The molecule has 3 heteroatoms. The molecule has 0 aliphatic rings. The summed E-state index contributed by atoms with van der Waals surface area (Å²) in [6.07, 6.45) is 2.90. The predicted octanol–water partition coefficient (Wildman–Crippen LogP) is 2.75. The van der Waals surface area contributed by atoms with Gasteiger partial charge in [0.1, 0.15) is 0 Å². The number of aryl methyl sites for hydroxylation is 1. The van der Waals surface area contributed by atoms with Gasteiger partial charge in [-0.25, -0.2) is 0 Å². The van der Waals surface area contributed by atoms with Gasteiger partial charge >= 0.3 is 0 Å². The normalized spacial score (nSPS) is 12.7. The van der Waals surface area contributed by atoms with Crippen molar-refractivity contribution in [3.63, 3.8) is 0 Å². The maximum absolute atomic E-state index is 6.12. The van der Waals surface area contributed by atoms with Crippen molar-refractivity contribution in [2.24, 2.45) is 5.73 Å². The van der Waals surface area contributed by atoms with Crippen LogP contribution in [0, 0.1) is 0 Å². The Kier molecular flexibility index (Phi) is 3.14. The van der Waals surface area contributed by atoms with Crippen LogP contribution in [0.5, 0.6) is 0 Å². The van der Waals surface area contributed by atoms with E-state index in [1.165, 1.54) is 5.56 Å². The van der Waals surface area contributed by atoms with Crippen molar-refractivity contribution in [1.29, 1.82) is 0 Å². The molecule has 1 aromatic carbocycles. The van der Waals surface area contributed by atoms with Crippen LogP contribution in [0.3, 0.4) is 0 Å². The Labute approximate surface area is 93.8 Å². The Bertz CT molecular complexity index is 406. The number of benzene rings is 1. The highest BCUT2D eigenvalue weighted by Crippen LogP contribution is 2.22. The van der Waals surface area contributed by atoms with E-state index in [0.29, 0.717) is 0 Å². The highest BCUT2D eigenvalue weighted by atomic mass is 32.1. The lowest BCUT2D eigenvalue weighted by molar-refractivity contribution is 0.887. The van der Waals surface area contributed by atoms with Crippen LogP contribution in [-0.4, -0.2) is 4.98 Å². The van der Waals surface area contributed by atoms with Gasteiger partial charge in [-0.3, -0.25) is 4.98 Å². The van der Waals surface area contributed by atoms with Crippen LogP contribution in [0.15, 0.2) is 36.0 Å². The van der Waals surface area contributed by atoms with Crippen molar-refractivity contribution >= 4 is 11.3 Å². The zero-order chi connectivity index (χ0) is 10.7. The van der Waals surface area contributed by atoms with Crippen LogP contribution < -0.4 is 5.73 Å². The maximum atomic E-state index is 6.12. The number of nitrogens with zero attached hydrogens (tertiary/aromatic N) is 1. The first-order valence-electron chi connectivity index (χ1n) is 5.04. The fourth-order valence-corrected chi connectivity index (χ4v) is 2.15. The molecule has 1 heterocycles. The first-order chi connectivity index (χ1) is 7.31. The Hall–Kier alpha value is -1.19. The summed E-state index contributed by atoms with van der Waals surface area (Å²) < 4.78 is 0. The molecule has 2 N–H and O–H groups in total. The van der Waals surface area contributed by atoms with Gasteiger partial charge in [-0.1, -0.05) is 31.2 Å². The molecule has 2 nitrogen and oxygen atoms in total. The minimum absolute atomic E-state index is 0.0385. The number of thiazole rings is 1. The van der Waals surface area contributed by atoms with Gasteiger partial charge < -0.3 is 5.73 Å². The summed E-state index contributed by atoms with van der Waals surface area (Å²) in [7, 11) is 0. The molecule has 1 unspecified atom stereocenters. The van der Waals surface area contributed by atoms with E-state index in [0.717, 1.165) is 16.9 Å². The largest absolute Gasteiger partial charge is 0.320 e. The molecule has 1 aromatic heterocycles. The summed E-state index contributed by atoms with van der Waals surface area (Å²) in [5, 5.41) is 0. The van der Waals surface area contributed by atoms with E-state index in [1.807, 2.05) is 11.7 Å². The van der Waals surface area contributed by atoms with Crippen molar-refractivity contribution < 1.29 is 0 Å². The van der Waals surface area contributed by atoms with E-state index >= 15 is 0 Å². The van der Waals surface area contributed by atoms with Crippen LogP contribution in [0.25, 0.3) is 0 Å². The molecular weight excluding hydrogens is 204 g/mol. The van der Waals surface area contributed by atoms with Crippen molar-refractivity contribution in [3.05, 3.63) is 52.0 Å². The SMILES string of the molecule is CCc1ccc(C(N)c2cncs2)cc1. The van der Waals surface area contributed by atoms with Crippen molar-refractivity contribution in [1.82, 2.24) is 4.98 Å². The van der Waals surface area contributed by atoms with Crippen LogP contribution in [-0.2, 0) is 6.42 Å². The van der Waals surface area contributed by atoms with E-state index in [-0.39, 0.29) is 6.04 Å². The van der Waals surface area contributed by atoms with Crippen LogP contribution >= 0.6 is 11.3 Å². The van der Waals surface area contributed by atoms with Gasteiger partial charge in [-0.15, -0.1) is 11.3 Å². The third-order valence-corrected chi connectivity index (χ3v) is 3.36. The average Bonchev–Trinajstić information content (AvgIpc) is 2.82. The monoisotopic (exact) mass is 218 g/mol. The second kappa shape index (κ2) is 4.55. The molecule has 1 atom stereocenters. The second-order valence-corrected chi connectivity index (χ2v) is 4.39. The smallest absolute Gasteiger partial charge is 0.0794 e. The second-order valence-electron chi connectivity index (χ2n) is 3.48. The Morgan fingerprint density at radius 1 is 1.33 bits per heavy atom. The third kappa shape index (κ3) is 2.25. The number of aromatic nitrogens is 1. The Morgan fingerprint density at radius 3 is 2.60 bits per heavy atom. The van der Waals surface area contributed by atoms with E-state index in [2.05, 4.69) is 36.2 Å². The van der Waals surface area contributed by atoms with Crippen LogP contribution in [0.4, 0.5) is 0 Å².